The highest BCUT2D eigenvalue weighted by Crippen LogP contribution is 2.33. The second kappa shape index (κ2) is 8.52. The van der Waals surface area contributed by atoms with Crippen molar-refractivity contribution in [3.05, 3.63) is 70.2 Å². The van der Waals surface area contributed by atoms with Gasteiger partial charge in [0.25, 0.3) is 5.91 Å². The molecule has 32 heavy (non-hydrogen) atoms. The monoisotopic (exact) mass is 445 g/mol. The molecule has 0 spiro atoms. The van der Waals surface area contributed by atoms with Crippen LogP contribution in [0.5, 0.6) is 0 Å². The normalized spacial score (nSPS) is 16.4. The minimum absolute atomic E-state index is 0.117. The fourth-order valence-corrected chi connectivity index (χ4v) is 5.48. The number of para-hydroxylation sites is 1. The standard InChI is InChI=1S/C26H27N3O2S/c1-16-12-17(2)24(18(3)13-16)20-15-32-26(27-20)28-25(30)22-14-19-8-4-5-9-21(19)29(22)23-10-6-7-11-31-23/h4-5,8-9,12-15,23H,6-7,10-11H2,1-3H3,(H,27,28,30). The summed E-state index contributed by atoms with van der Waals surface area (Å²) >= 11 is 1.45. The minimum Gasteiger partial charge on any atom is -0.358 e. The Morgan fingerprint density at radius 3 is 2.66 bits per heavy atom. The molecular weight excluding hydrogens is 418 g/mol. The Morgan fingerprint density at radius 2 is 1.91 bits per heavy atom. The Labute approximate surface area is 192 Å². The number of carbonyl (C=O) groups excluding carboxylic acids is 1. The number of hydrogen-bond donors (Lipinski definition) is 1. The number of fused-ring (bicyclic) bond motifs is 1. The van der Waals surface area contributed by atoms with Crippen LogP contribution in [0.2, 0.25) is 0 Å². The molecule has 2 aromatic carbocycles. The molecule has 164 valence electrons. The molecule has 1 fully saturated rings. The van der Waals surface area contributed by atoms with Crippen LogP contribution in [0.3, 0.4) is 0 Å². The van der Waals surface area contributed by atoms with Crippen molar-refractivity contribution in [2.45, 2.75) is 46.3 Å². The van der Waals surface area contributed by atoms with Crippen molar-refractivity contribution in [2.24, 2.45) is 0 Å². The first-order valence-corrected chi connectivity index (χ1v) is 12.0. The van der Waals surface area contributed by atoms with E-state index in [2.05, 4.69) is 44.3 Å². The van der Waals surface area contributed by atoms with Crippen LogP contribution < -0.4 is 5.32 Å². The second-order valence-corrected chi connectivity index (χ2v) is 9.40. The van der Waals surface area contributed by atoms with E-state index in [1.807, 2.05) is 34.2 Å². The molecule has 4 aromatic rings. The van der Waals surface area contributed by atoms with E-state index in [0.29, 0.717) is 10.8 Å². The third-order valence-electron chi connectivity index (χ3n) is 6.08. The van der Waals surface area contributed by atoms with Crippen molar-refractivity contribution < 1.29 is 9.53 Å². The van der Waals surface area contributed by atoms with Crippen molar-refractivity contribution in [3.63, 3.8) is 0 Å². The van der Waals surface area contributed by atoms with Crippen LogP contribution in [0.1, 0.15) is 52.7 Å². The lowest BCUT2D eigenvalue weighted by atomic mass is 9.98. The van der Waals surface area contributed by atoms with Crippen LogP contribution in [0.4, 0.5) is 5.13 Å². The van der Waals surface area contributed by atoms with Gasteiger partial charge >= 0.3 is 0 Å². The maximum atomic E-state index is 13.4. The third-order valence-corrected chi connectivity index (χ3v) is 6.84. The van der Waals surface area contributed by atoms with E-state index in [9.17, 15) is 4.79 Å². The molecule has 1 saturated heterocycles. The zero-order valence-electron chi connectivity index (χ0n) is 18.6. The summed E-state index contributed by atoms with van der Waals surface area (Å²) < 4.78 is 8.09. The van der Waals surface area contributed by atoms with Crippen LogP contribution in [0, 0.1) is 20.8 Å². The molecule has 1 aliphatic heterocycles. The van der Waals surface area contributed by atoms with E-state index in [4.69, 9.17) is 9.72 Å². The van der Waals surface area contributed by atoms with Gasteiger partial charge in [0.1, 0.15) is 11.9 Å². The quantitative estimate of drug-likeness (QED) is 0.383. The highest BCUT2D eigenvalue weighted by molar-refractivity contribution is 7.14. The van der Waals surface area contributed by atoms with Gasteiger partial charge in [-0.2, -0.15) is 0 Å². The maximum Gasteiger partial charge on any atom is 0.274 e. The number of rotatable bonds is 4. The number of ether oxygens (including phenoxy) is 1. The van der Waals surface area contributed by atoms with Gasteiger partial charge < -0.3 is 9.30 Å². The van der Waals surface area contributed by atoms with Crippen molar-refractivity contribution in [1.82, 2.24) is 9.55 Å². The molecule has 0 saturated carbocycles. The number of nitrogens with one attached hydrogen (secondary N) is 1. The third kappa shape index (κ3) is 3.85. The fraction of sp³-hybridized carbons (Fsp3) is 0.308. The molecule has 1 N–H and O–H groups in total. The summed E-state index contributed by atoms with van der Waals surface area (Å²) in [5, 5.41) is 6.69. The summed E-state index contributed by atoms with van der Waals surface area (Å²) in [5.74, 6) is -0.159. The lowest BCUT2D eigenvalue weighted by molar-refractivity contribution is -0.0301. The van der Waals surface area contributed by atoms with Gasteiger partial charge in [-0.05, 0) is 63.3 Å². The Kier molecular flexibility index (Phi) is 5.57. The average molecular weight is 446 g/mol. The van der Waals surface area contributed by atoms with Crippen molar-refractivity contribution >= 4 is 33.3 Å². The SMILES string of the molecule is Cc1cc(C)c(-c2csc(NC(=O)c3cc4ccccc4n3C3CCCCO3)n2)c(C)c1. The summed E-state index contributed by atoms with van der Waals surface area (Å²) in [7, 11) is 0. The maximum absolute atomic E-state index is 13.4. The van der Waals surface area contributed by atoms with Gasteiger partial charge in [0.05, 0.1) is 11.2 Å². The molecule has 1 atom stereocenters. The molecule has 0 radical (unpaired) electrons. The highest BCUT2D eigenvalue weighted by Gasteiger charge is 2.24. The average Bonchev–Trinajstić information content (AvgIpc) is 3.38. The molecule has 0 bridgehead atoms. The van der Waals surface area contributed by atoms with Crippen LogP contribution in [-0.4, -0.2) is 22.1 Å². The van der Waals surface area contributed by atoms with E-state index >= 15 is 0 Å². The molecule has 1 amide bonds. The summed E-state index contributed by atoms with van der Waals surface area (Å²) in [6.07, 6.45) is 2.96. The minimum atomic E-state index is -0.159. The van der Waals surface area contributed by atoms with E-state index in [1.165, 1.54) is 28.0 Å². The largest absolute Gasteiger partial charge is 0.358 e. The van der Waals surface area contributed by atoms with Gasteiger partial charge in [0, 0.05) is 22.9 Å². The van der Waals surface area contributed by atoms with Gasteiger partial charge in [-0.25, -0.2) is 4.98 Å². The molecule has 1 unspecified atom stereocenters. The van der Waals surface area contributed by atoms with Gasteiger partial charge in [-0.3, -0.25) is 10.1 Å². The van der Waals surface area contributed by atoms with Crippen molar-refractivity contribution in [3.8, 4) is 11.3 Å². The van der Waals surface area contributed by atoms with Gasteiger partial charge in [-0.1, -0.05) is 35.9 Å². The summed E-state index contributed by atoms with van der Waals surface area (Å²) in [6.45, 7) is 7.04. The van der Waals surface area contributed by atoms with Gasteiger partial charge in [-0.15, -0.1) is 11.3 Å². The second-order valence-electron chi connectivity index (χ2n) is 8.55. The number of anilines is 1. The first-order valence-electron chi connectivity index (χ1n) is 11.1. The number of aryl methyl sites for hydroxylation is 3. The Morgan fingerprint density at radius 1 is 1.12 bits per heavy atom. The fourth-order valence-electron chi connectivity index (χ4n) is 4.78. The van der Waals surface area contributed by atoms with Crippen molar-refractivity contribution in [1.29, 1.82) is 0 Å². The zero-order chi connectivity index (χ0) is 22.2. The molecule has 5 nitrogen and oxygen atoms in total. The van der Waals surface area contributed by atoms with Crippen LogP contribution in [0.25, 0.3) is 22.2 Å². The van der Waals surface area contributed by atoms with Crippen LogP contribution >= 0.6 is 11.3 Å². The summed E-state index contributed by atoms with van der Waals surface area (Å²) in [5.41, 5.74) is 7.30. The number of aromatic nitrogens is 2. The first-order chi connectivity index (χ1) is 15.5. The number of benzene rings is 2. The lowest BCUT2D eigenvalue weighted by Crippen LogP contribution is -2.24. The number of hydrogen-bond acceptors (Lipinski definition) is 4. The molecule has 5 rings (SSSR count). The van der Waals surface area contributed by atoms with E-state index in [0.717, 1.165) is 48.0 Å². The predicted octanol–water partition coefficient (Wildman–Crippen LogP) is 6.64. The highest BCUT2D eigenvalue weighted by atomic mass is 32.1. The Hall–Kier alpha value is -2.96. The summed E-state index contributed by atoms with van der Waals surface area (Å²) in [4.78, 5) is 18.1. The zero-order valence-corrected chi connectivity index (χ0v) is 19.5. The molecule has 2 aromatic heterocycles. The number of amides is 1. The number of thiazole rings is 1. The van der Waals surface area contributed by atoms with Crippen LogP contribution in [0.15, 0.2) is 47.8 Å². The molecule has 3 heterocycles. The molecule has 6 heteroatoms. The van der Waals surface area contributed by atoms with Crippen LogP contribution in [-0.2, 0) is 4.74 Å². The predicted molar refractivity (Wildman–Crippen MR) is 130 cm³/mol. The topological polar surface area (TPSA) is 56.2 Å². The van der Waals surface area contributed by atoms with E-state index in [-0.39, 0.29) is 12.1 Å². The Balaban J connectivity index is 1.46. The van der Waals surface area contributed by atoms with E-state index in [1.54, 1.807) is 0 Å². The number of nitrogens with zero attached hydrogens (tertiary/aromatic N) is 2. The lowest BCUT2D eigenvalue weighted by Gasteiger charge is -2.26. The smallest absolute Gasteiger partial charge is 0.274 e. The number of carbonyl (C=O) groups is 1. The summed E-state index contributed by atoms with van der Waals surface area (Å²) in [6, 6.07) is 14.4. The van der Waals surface area contributed by atoms with E-state index < -0.39 is 0 Å². The van der Waals surface area contributed by atoms with Gasteiger partial charge in [0.15, 0.2) is 5.13 Å². The first kappa shape index (κ1) is 20.9. The molecular formula is C26H27N3O2S. The Bertz CT molecular complexity index is 1270. The molecule has 1 aliphatic rings. The molecule has 0 aliphatic carbocycles. The van der Waals surface area contributed by atoms with Crippen molar-refractivity contribution in [2.75, 3.05) is 11.9 Å². The van der Waals surface area contributed by atoms with Gasteiger partial charge in [0.2, 0.25) is 0 Å².